The number of amides is 2. The molecular weight excluding hydrogens is 244 g/mol. The number of carbonyl (C=O) groups is 2. The molecule has 1 aliphatic heterocycles. The second-order valence-corrected chi connectivity index (χ2v) is 5.44. The average Bonchev–Trinajstić information content (AvgIpc) is 3.13. The summed E-state index contributed by atoms with van der Waals surface area (Å²) in [5, 5.41) is 2.46. The first-order valence-corrected chi connectivity index (χ1v) is 7.07. The number of hydrogen-bond acceptors (Lipinski definition) is 3. The van der Waals surface area contributed by atoms with E-state index in [1.165, 1.54) is 0 Å². The van der Waals surface area contributed by atoms with Crippen LogP contribution in [0.4, 0.5) is 0 Å². The van der Waals surface area contributed by atoms with Gasteiger partial charge in [-0.05, 0) is 18.8 Å². The fourth-order valence-corrected chi connectivity index (χ4v) is 2.41. The smallest absolute Gasteiger partial charge is 0.249 e. The fraction of sp³-hybridized carbons (Fsp3) is 0.857. The number of ether oxygens (including phenoxy) is 1. The van der Waals surface area contributed by atoms with Gasteiger partial charge in [0, 0.05) is 13.6 Å². The summed E-state index contributed by atoms with van der Waals surface area (Å²) in [6.45, 7) is 7.29. The summed E-state index contributed by atoms with van der Waals surface area (Å²) >= 11 is 0. The number of likely N-dealkylation sites (N-methyl/N-ethyl adjacent to an activating group) is 1. The van der Waals surface area contributed by atoms with Gasteiger partial charge in [0.2, 0.25) is 11.8 Å². The van der Waals surface area contributed by atoms with Gasteiger partial charge < -0.3 is 15.0 Å². The highest BCUT2D eigenvalue weighted by Crippen LogP contribution is 2.41. The third kappa shape index (κ3) is 4.20. The van der Waals surface area contributed by atoms with Crippen LogP contribution in [0, 0.1) is 5.92 Å². The van der Waals surface area contributed by atoms with Gasteiger partial charge >= 0.3 is 0 Å². The molecule has 5 heteroatoms. The van der Waals surface area contributed by atoms with Crippen LogP contribution in [-0.4, -0.2) is 49.1 Å². The zero-order chi connectivity index (χ0) is 14.5. The average molecular weight is 270 g/mol. The Bertz CT molecular complexity index is 333. The van der Waals surface area contributed by atoms with E-state index in [4.69, 9.17) is 4.74 Å². The van der Waals surface area contributed by atoms with Crippen LogP contribution in [0.2, 0.25) is 0 Å². The highest BCUT2D eigenvalue weighted by atomic mass is 16.5. The van der Waals surface area contributed by atoms with Crippen LogP contribution >= 0.6 is 0 Å². The zero-order valence-corrected chi connectivity index (χ0v) is 12.5. The second-order valence-electron chi connectivity index (χ2n) is 5.44. The molecule has 0 saturated carbocycles. The number of nitrogens with zero attached hydrogens (tertiary/aromatic N) is 1. The first kappa shape index (κ1) is 16.0. The Morgan fingerprint density at radius 2 is 2.05 bits per heavy atom. The molecule has 2 amide bonds. The van der Waals surface area contributed by atoms with Crippen molar-refractivity contribution < 1.29 is 14.3 Å². The van der Waals surface area contributed by atoms with Crippen molar-refractivity contribution in [2.24, 2.45) is 5.92 Å². The minimum Gasteiger partial charge on any atom is -0.362 e. The van der Waals surface area contributed by atoms with Gasteiger partial charge in [-0.3, -0.25) is 9.59 Å². The minimum absolute atomic E-state index is 0.00429. The highest BCUT2D eigenvalue weighted by molar-refractivity contribution is 5.82. The van der Waals surface area contributed by atoms with Crippen molar-refractivity contribution in [2.45, 2.75) is 45.6 Å². The Morgan fingerprint density at radius 1 is 1.37 bits per heavy atom. The lowest BCUT2D eigenvalue weighted by Gasteiger charge is -2.19. The van der Waals surface area contributed by atoms with Gasteiger partial charge in [-0.25, -0.2) is 0 Å². The van der Waals surface area contributed by atoms with Crippen LogP contribution in [0.5, 0.6) is 0 Å². The summed E-state index contributed by atoms with van der Waals surface area (Å²) < 4.78 is 5.12. The van der Waals surface area contributed by atoms with Crippen LogP contribution in [0.25, 0.3) is 0 Å². The van der Waals surface area contributed by atoms with Crippen LogP contribution in [0.15, 0.2) is 0 Å². The number of nitrogens with one attached hydrogen (secondary N) is 1. The summed E-state index contributed by atoms with van der Waals surface area (Å²) in [6.07, 6.45) is 3.18. The summed E-state index contributed by atoms with van der Waals surface area (Å²) in [5.74, 6) is 0.415. The van der Waals surface area contributed by atoms with E-state index >= 15 is 0 Å². The number of rotatable bonds is 8. The van der Waals surface area contributed by atoms with E-state index in [0.717, 1.165) is 25.8 Å². The first-order chi connectivity index (χ1) is 8.99. The van der Waals surface area contributed by atoms with Gasteiger partial charge in [-0.1, -0.05) is 27.2 Å². The molecule has 1 heterocycles. The van der Waals surface area contributed by atoms with Crippen molar-refractivity contribution in [1.82, 2.24) is 10.2 Å². The van der Waals surface area contributed by atoms with E-state index in [1.54, 1.807) is 7.05 Å². The molecule has 2 unspecified atom stereocenters. The van der Waals surface area contributed by atoms with Gasteiger partial charge in [0.15, 0.2) is 0 Å². The maximum Gasteiger partial charge on any atom is 0.249 e. The number of carbonyl (C=O) groups excluding carboxylic acids is 2. The summed E-state index contributed by atoms with van der Waals surface area (Å²) in [4.78, 5) is 24.9. The van der Waals surface area contributed by atoms with E-state index in [1.807, 2.05) is 4.90 Å². The predicted octanol–water partition coefficient (Wildman–Crippen LogP) is 1.18. The van der Waals surface area contributed by atoms with Crippen molar-refractivity contribution in [1.29, 1.82) is 0 Å². The Hall–Kier alpha value is -1.10. The van der Waals surface area contributed by atoms with Crippen molar-refractivity contribution >= 4 is 11.8 Å². The molecule has 2 atom stereocenters. The molecule has 5 nitrogen and oxygen atoms in total. The Kier molecular flexibility index (Phi) is 5.79. The molecule has 0 spiro atoms. The molecule has 0 aliphatic carbocycles. The molecule has 0 aromatic heterocycles. The van der Waals surface area contributed by atoms with E-state index in [0.29, 0.717) is 5.92 Å². The summed E-state index contributed by atoms with van der Waals surface area (Å²) in [7, 11) is 1.55. The Balaban J connectivity index is 2.36. The molecule has 1 rings (SSSR count). The third-order valence-corrected chi connectivity index (χ3v) is 4.04. The first-order valence-electron chi connectivity index (χ1n) is 7.07. The molecular formula is C14H26N2O3. The molecule has 1 fully saturated rings. The standard InChI is InChI=1S/C14H26N2O3/c1-5-11(3)7-14(6-2)10-16(14)13(18)9-19-8-12(17)15-4/h11H,5-10H2,1-4H3,(H,15,17). The molecule has 110 valence electrons. The van der Waals surface area contributed by atoms with Crippen LogP contribution in [-0.2, 0) is 14.3 Å². The maximum absolute atomic E-state index is 12.0. The molecule has 0 aromatic rings. The normalized spacial score (nSPS) is 23.1. The van der Waals surface area contributed by atoms with Gasteiger partial charge in [0.1, 0.15) is 13.2 Å². The van der Waals surface area contributed by atoms with Crippen LogP contribution in [0.3, 0.4) is 0 Å². The molecule has 0 bridgehead atoms. The molecule has 1 saturated heterocycles. The van der Waals surface area contributed by atoms with Gasteiger partial charge in [0.25, 0.3) is 0 Å². The molecule has 0 aromatic carbocycles. The van der Waals surface area contributed by atoms with Gasteiger partial charge in [0.05, 0.1) is 5.54 Å². The van der Waals surface area contributed by atoms with Crippen molar-refractivity contribution in [3.8, 4) is 0 Å². The van der Waals surface area contributed by atoms with E-state index in [-0.39, 0.29) is 30.6 Å². The SMILES string of the molecule is CCC(C)CC1(CC)CN1C(=O)COCC(=O)NC. The Morgan fingerprint density at radius 3 is 2.58 bits per heavy atom. The fourth-order valence-electron chi connectivity index (χ4n) is 2.41. The molecule has 1 N–H and O–H groups in total. The van der Waals surface area contributed by atoms with Crippen LogP contribution < -0.4 is 5.32 Å². The summed E-state index contributed by atoms with van der Waals surface area (Å²) in [6, 6.07) is 0. The quantitative estimate of drug-likeness (QED) is 0.674. The zero-order valence-electron chi connectivity index (χ0n) is 12.5. The van der Waals surface area contributed by atoms with Crippen molar-refractivity contribution in [3.63, 3.8) is 0 Å². The lowest BCUT2D eigenvalue weighted by Crippen LogP contribution is -2.30. The highest BCUT2D eigenvalue weighted by Gasteiger charge is 2.53. The van der Waals surface area contributed by atoms with Gasteiger partial charge in [-0.15, -0.1) is 0 Å². The van der Waals surface area contributed by atoms with E-state index < -0.39 is 0 Å². The van der Waals surface area contributed by atoms with Crippen molar-refractivity contribution in [3.05, 3.63) is 0 Å². The minimum atomic E-state index is -0.208. The Labute approximate surface area is 115 Å². The maximum atomic E-state index is 12.0. The van der Waals surface area contributed by atoms with E-state index in [2.05, 4.69) is 26.1 Å². The van der Waals surface area contributed by atoms with Crippen LogP contribution in [0.1, 0.15) is 40.0 Å². The lowest BCUT2D eigenvalue weighted by atomic mass is 9.92. The molecule has 0 radical (unpaired) electrons. The van der Waals surface area contributed by atoms with Crippen molar-refractivity contribution in [2.75, 3.05) is 26.8 Å². The van der Waals surface area contributed by atoms with E-state index in [9.17, 15) is 9.59 Å². The third-order valence-electron chi connectivity index (χ3n) is 4.04. The van der Waals surface area contributed by atoms with Gasteiger partial charge in [-0.2, -0.15) is 0 Å². The predicted molar refractivity (Wildman–Crippen MR) is 73.7 cm³/mol. The largest absolute Gasteiger partial charge is 0.362 e. The summed E-state index contributed by atoms with van der Waals surface area (Å²) in [5.41, 5.74) is 0.0445. The molecule has 1 aliphatic rings. The number of hydrogen-bond donors (Lipinski definition) is 1. The molecule has 19 heavy (non-hydrogen) atoms. The second kappa shape index (κ2) is 6.89. The topological polar surface area (TPSA) is 58.4 Å². The monoisotopic (exact) mass is 270 g/mol. The lowest BCUT2D eigenvalue weighted by molar-refractivity contribution is -0.134.